The molecule has 186 valence electrons. The third-order valence-corrected chi connectivity index (χ3v) is 7.63. The summed E-state index contributed by atoms with van der Waals surface area (Å²) in [5, 5.41) is 13.9. The number of anilines is 1. The molecule has 9 heteroatoms. The summed E-state index contributed by atoms with van der Waals surface area (Å²) in [6, 6.07) is 14.8. The van der Waals surface area contributed by atoms with Crippen molar-refractivity contribution in [3.8, 4) is 0 Å². The molecule has 6 rings (SSSR count). The van der Waals surface area contributed by atoms with Gasteiger partial charge in [-0.2, -0.15) is 0 Å². The van der Waals surface area contributed by atoms with Crippen molar-refractivity contribution in [1.29, 1.82) is 0 Å². The van der Waals surface area contributed by atoms with Crippen molar-refractivity contribution in [2.24, 2.45) is 0 Å². The van der Waals surface area contributed by atoms with Crippen molar-refractivity contribution < 1.29 is 4.39 Å². The number of hydrogen-bond acceptors (Lipinski definition) is 6. The highest BCUT2D eigenvalue weighted by Crippen LogP contribution is 2.34. The highest BCUT2D eigenvalue weighted by Gasteiger charge is 2.35. The number of tetrazole rings is 1. The van der Waals surface area contributed by atoms with Gasteiger partial charge in [-0.25, -0.2) is 9.07 Å². The first-order valence-corrected chi connectivity index (χ1v) is 12.7. The van der Waals surface area contributed by atoms with Gasteiger partial charge in [-0.3, -0.25) is 9.69 Å². The predicted molar refractivity (Wildman–Crippen MR) is 137 cm³/mol. The standard InChI is InChI=1S/C27H30FN7O/c1-18-10-11-19-17-21(27(36)29-23(19)16-18)25(26-30-31-32-35(26)20-6-2-3-7-20)34-14-12-33(13-15-34)24-9-5-4-8-22(24)28/h4-5,8-11,16-17,20,25H,2-3,6-7,12-15H2,1H3,(H,29,36). The maximum absolute atomic E-state index is 14.4. The molecule has 2 aliphatic rings. The largest absolute Gasteiger partial charge is 0.367 e. The van der Waals surface area contributed by atoms with Crippen LogP contribution in [0.2, 0.25) is 0 Å². The number of aryl methyl sites for hydroxylation is 1. The number of benzene rings is 2. The highest BCUT2D eigenvalue weighted by atomic mass is 19.1. The first kappa shape index (κ1) is 22.8. The Bertz CT molecular complexity index is 1430. The van der Waals surface area contributed by atoms with Crippen molar-refractivity contribution in [1.82, 2.24) is 30.1 Å². The number of halogens is 1. The van der Waals surface area contributed by atoms with Crippen LogP contribution in [0.25, 0.3) is 10.9 Å². The molecule has 1 aliphatic carbocycles. The summed E-state index contributed by atoms with van der Waals surface area (Å²) in [7, 11) is 0. The molecule has 4 aromatic rings. The molecule has 36 heavy (non-hydrogen) atoms. The zero-order chi connectivity index (χ0) is 24.6. The zero-order valence-corrected chi connectivity index (χ0v) is 20.4. The fourth-order valence-electron chi connectivity index (χ4n) is 5.75. The van der Waals surface area contributed by atoms with Crippen LogP contribution in [0.5, 0.6) is 0 Å². The van der Waals surface area contributed by atoms with E-state index >= 15 is 0 Å². The van der Waals surface area contributed by atoms with Gasteiger partial charge in [0, 0.05) is 37.3 Å². The molecule has 2 aromatic carbocycles. The monoisotopic (exact) mass is 487 g/mol. The van der Waals surface area contributed by atoms with Crippen LogP contribution >= 0.6 is 0 Å². The Balaban J connectivity index is 1.39. The number of pyridine rings is 1. The topological polar surface area (TPSA) is 82.9 Å². The summed E-state index contributed by atoms with van der Waals surface area (Å²) in [5.74, 6) is 0.493. The molecule has 3 heterocycles. The van der Waals surface area contributed by atoms with Crippen LogP contribution in [0.15, 0.2) is 53.3 Å². The summed E-state index contributed by atoms with van der Waals surface area (Å²) in [4.78, 5) is 20.9. The average Bonchev–Trinajstić information content (AvgIpc) is 3.58. The fourth-order valence-corrected chi connectivity index (χ4v) is 5.75. The zero-order valence-electron chi connectivity index (χ0n) is 20.4. The molecule has 0 radical (unpaired) electrons. The maximum atomic E-state index is 14.4. The van der Waals surface area contributed by atoms with Gasteiger partial charge < -0.3 is 9.88 Å². The minimum atomic E-state index is -0.391. The van der Waals surface area contributed by atoms with Crippen molar-refractivity contribution in [3.63, 3.8) is 0 Å². The van der Waals surface area contributed by atoms with Crippen LogP contribution in [0.3, 0.4) is 0 Å². The Hall–Kier alpha value is -3.59. The van der Waals surface area contributed by atoms with E-state index in [1.165, 1.54) is 6.07 Å². The number of piperazine rings is 1. The molecule has 0 spiro atoms. The number of hydrogen-bond donors (Lipinski definition) is 1. The van der Waals surface area contributed by atoms with E-state index in [2.05, 4.69) is 36.4 Å². The molecule has 2 fully saturated rings. The smallest absolute Gasteiger partial charge is 0.253 e. The average molecular weight is 488 g/mol. The van der Waals surface area contributed by atoms with Gasteiger partial charge in [0.25, 0.3) is 5.56 Å². The van der Waals surface area contributed by atoms with Crippen molar-refractivity contribution in [2.75, 3.05) is 31.1 Å². The first-order valence-electron chi connectivity index (χ1n) is 12.7. The first-order chi connectivity index (χ1) is 17.6. The highest BCUT2D eigenvalue weighted by molar-refractivity contribution is 5.79. The van der Waals surface area contributed by atoms with Gasteiger partial charge in [0.1, 0.15) is 11.9 Å². The summed E-state index contributed by atoms with van der Waals surface area (Å²) in [5.41, 5.74) is 3.04. The SMILES string of the molecule is Cc1ccc2cc(C(c3nnnn3C3CCCC3)N3CCN(c4ccccc4F)CC3)c(=O)[nH]c2c1. The predicted octanol–water partition coefficient (Wildman–Crippen LogP) is 3.99. The Kier molecular flexibility index (Phi) is 6.00. The van der Waals surface area contributed by atoms with Crippen molar-refractivity contribution in [2.45, 2.75) is 44.7 Å². The number of fused-ring (bicyclic) bond motifs is 1. The van der Waals surface area contributed by atoms with E-state index < -0.39 is 6.04 Å². The van der Waals surface area contributed by atoms with Gasteiger partial charge in [0.15, 0.2) is 5.82 Å². The second-order valence-electron chi connectivity index (χ2n) is 9.94. The summed E-state index contributed by atoms with van der Waals surface area (Å²) in [6.07, 6.45) is 4.40. The number of aromatic nitrogens is 5. The van der Waals surface area contributed by atoms with E-state index in [0.717, 1.165) is 42.1 Å². The van der Waals surface area contributed by atoms with Crippen LogP contribution in [0, 0.1) is 12.7 Å². The van der Waals surface area contributed by atoms with E-state index in [1.54, 1.807) is 6.07 Å². The van der Waals surface area contributed by atoms with Gasteiger partial charge in [0.2, 0.25) is 0 Å². The van der Waals surface area contributed by atoms with Crippen LogP contribution in [0.1, 0.15) is 54.7 Å². The third kappa shape index (κ3) is 4.17. The van der Waals surface area contributed by atoms with E-state index in [0.29, 0.717) is 43.3 Å². The molecular formula is C27H30FN7O. The van der Waals surface area contributed by atoms with Crippen LogP contribution in [-0.4, -0.2) is 56.3 Å². The fraction of sp³-hybridized carbons (Fsp3) is 0.407. The number of nitrogens with zero attached hydrogens (tertiary/aromatic N) is 6. The van der Waals surface area contributed by atoms with Gasteiger partial charge in [-0.1, -0.05) is 37.1 Å². The van der Waals surface area contributed by atoms with Gasteiger partial charge >= 0.3 is 0 Å². The Morgan fingerprint density at radius 3 is 2.58 bits per heavy atom. The lowest BCUT2D eigenvalue weighted by Crippen LogP contribution is -2.49. The molecule has 1 aliphatic heterocycles. The quantitative estimate of drug-likeness (QED) is 0.458. The van der Waals surface area contributed by atoms with Crippen molar-refractivity contribution >= 4 is 16.6 Å². The normalized spacial score (nSPS) is 18.2. The van der Waals surface area contributed by atoms with E-state index in [-0.39, 0.29) is 17.4 Å². The Morgan fingerprint density at radius 1 is 1.03 bits per heavy atom. The molecule has 1 N–H and O–H groups in total. The minimum absolute atomic E-state index is 0.129. The van der Waals surface area contributed by atoms with E-state index in [9.17, 15) is 9.18 Å². The molecule has 1 unspecified atom stereocenters. The van der Waals surface area contributed by atoms with Gasteiger partial charge in [-0.15, -0.1) is 5.10 Å². The minimum Gasteiger partial charge on any atom is -0.367 e. The number of aromatic amines is 1. The maximum Gasteiger partial charge on any atom is 0.253 e. The number of H-pyrrole nitrogens is 1. The molecule has 8 nitrogen and oxygen atoms in total. The number of rotatable bonds is 5. The van der Waals surface area contributed by atoms with Crippen molar-refractivity contribution in [3.05, 3.63) is 81.7 Å². The lowest BCUT2D eigenvalue weighted by molar-refractivity contribution is 0.196. The van der Waals surface area contributed by atoms with Crippen LogP contribution in [-0.2, 0) is 0 Å². The molecule has 1 saturated carbocycles. The molecule has 0 amide bonds. The Labute approximate surface area is 208 Å². The van der Waals surface area contributed by atoms with Gasteiger partial charge in [-0.05, 0) is 65.4 Å². The second-order valence-corrected chi connectivity index (χ2v) is 9.94. The third-order valence-electron chi connectivity index (χ3n) is 7.63. The molecule has 2 aromatic heterocycles. The van der Waals surface area contributed by atoms with E-state index in [4.69, 9.17) is 0 Å². The summed E-state index contributed by atoms with van der Waals surface area (Å²) < 4.78 is 16.4. The molecule has 1 saturated heterocycles. The van der Waals surface area contributed by atoms with Crippen LogP contribution < -0.4 is 10.5 Å². The Morgan fingerprint density at radius 2 is 1.81 bits per heavy atom. The lowest BCUT2D eigenvalue weighted by Gasteiger charge is -2.39. The molecule has 0 bridgehead atoms. The summed E-state index contributed by atoms with van der Waals surface area (Å²) in [6.45, 7) is 4.61. The summed E-state index contributed by atoms with van der Waals surface area (Å²) >= 11 is 0. The number of nitrogens with one attached hydrogen (secondary N) is 1. The lowest BCUT2D eigenvalue weighted by atomic mass is 10.0. The second kappa shape index (κ2) is 9.46. The van der Waals surface area contributed by atoms with E-state index in [1.807, 2.05) is 41.9 Å². The molecular weight excluding hydrogens is 457 g/mol. The molecule has 1 atom stereocenters. The van der Waals surface area contributed by atoms with Gasteiger partial charge in [0.05, 0.1) is 11.7 Å². The number of para-hydroxylation sites is 1. The van der Waals surface area contributed by atoms with Crippen LogP contribution in [0.4, 0.5) is 10.1 Å².